The first-order valence-electron chi connectivity index (χ1n) is 5.35. The molecule has 0 bridgehead atoms. The maximum absolute atomic E-state index is 11.6. The highest BCUT2D eigenvalue weighted by Crippen LogP contribution is 2.15. The van der Waals surface area contributed by atoms with Crippen LogP contribution < -0.4 is 5.32 Å². The average Bonchev–Trinajstić information content (AvgIpc) is 2.29. The van der Waals surface area contributed by atoms with Crippen LogP contribution in [0.4, 0.5) is 0 Å². The van der Waals surface area contributed by atoms with Crippen molar-refractivity contribution in [3.63, 3.8) is 0 Å². The van der Waals surface area contributed by atoms with E-state index < -0.39 is 0 Å². The smallest absolute Gasteiger partial charge is 0.255 e. The van der Waals surface area contributed by atoms with Crippen LogP contribution in [-0.2, 0) is 0 Å². The lowest BCUT2D eigenvalue weighted by atomic mass is 10.2. The fourth-order valence-corrected chi connectivity index (χ4v) is 1.42. The summed E-state index contributed by atoms with van der Waals surface area (Å²) in [6, 6.07) is 6.47. The SMILES string of the molecule is CCC(Cl)CCNC(=O)c1ccccc1O. The summed E-state index contributed by atoms with van der Waals surface area (Å²) < 4.78 is 0. The molecule has 0 aliphatic carbocycles. The number of phenols is 1. The number of rotatable bonds is 5. The highest BCUT2D eigenvalue weighted by atomic mass is 35.5. The quantitative estimate of drug-likeness (QED) is 0.779. The molecule has 0 spiro atoms. The minimum atomic E-state index is -0.266. The number of hydrogen-bond acceptors (Lipinski definition) is 2. The molecule has 1 rings (SSSR count). The number of aromatic hydroxyl groups is 1. The van der Waals surface area contributed by atoms with Gasteiger partial charge in [-0.05, 0) is 25.0 Å². The third kappa shape index (κ3) is 3.74. The first-order valence-corrected chi connectivity index (χ1v) is 5.79. The Labute approximate surface area is 100 Å². The fraction of sp³-hybridized carbons (Fsp3) is 0.417. The zero-order valence-electron chi connectivity index (χ0n) is 9.24. The van der Waals surface area contributed by atoms with Gasteiger partial charge in [0.25, 0.3) is 5.91 Å². The van der Waals surface area contributed by atoms with Crippen molar-refractivity contribution in [3.05, 3.63) is 29.8 Å². The molecule has 0 radical (unpaired) electrons. The summed E-state index contributed by atoms with van der Waals surface area (Å²) in [5.41, 5.74) is 0.296. The number of hydrogen-bond donors (Lipinski definition) is 2. The lowest BCUT2D eigenvalue weighted by molar-refractivity contribution is 0.0950. The van der Waals surface area contributed by atoms with Crippen molar-refractivity contribution in [2.45, 2.75) is 25.1 Å². The van der Waals surface area contributed by atoms with Gasteiger partial charge in [-0.3, -0.25) is 4.79 Å². The molecule has 1 amide bonds. The van der Waals surface area contributed by atoms with Crippen LogP contribution in [0.25, 0.3) is 0 Å². The molecule has 88 valence electrons. The van der Waals surface area contributed by atoms with Gasteiger partial charge in [0.05, 0.1) is 5.56 Å². The molecule has 1 aromatic carbocycles. The second-order valence-electron chi connectivity index (χ2n) is 3.57. The van der Waals surface area contributed by atoms with Crippen molar-refractivity contribution >= 4 is 17.5 Å². The monoisotopic (exact) mass is 241 g/mol. The number of nitrogens with one attached hydrogen (secondary N) is 1. The number of halogens is 1. The van der Waals surface area contributed by atoms with Crippen LogP contribution in [0.3, 0.4) is 0 Å². The average molecular weight is 242 g/mol. The molecule has 4 heteroatoms. The second kappa shape index (κ2) is 6.38. The van der Waals surface area contributed by atoms with Crippen LogP contribution in [0, 0.1) is 0 Å². The first-order chi connectivity index (χ1) is 7.65. The number of carbonyl (C=O) groups is 1. The summed E-state index contributed by atoms with van der Waals surface area (Å²) in [5, 5.41) is 12.3. The van der Waals surface area contributed by atoms with Gasteiger partial charge in [-0.25, -0.2) is 0 Å². The van der Waals surface area contributed by atoms with Crippen molar-refractivity contribution in [3.8, 4) is 5.75 Å². The van der Waals surface area contributed by atoms with E-state index in [-0.39, 0.29) is 17.0 Å². The van der Waals surface area contributed by atoms with Gasteiger partial charge < -0.3 is 10.4 Å². The molecule has 0 saturated heterocycles. The molecule has 1 atom stereocenters. The molecule has 0 aliphatic heterocycles. The van der Waals surface area contributed by atoms with E-state index in [2.05, 4.69) is 5.32 Å². The van der Waals surface area contributed by atoms with Crippen LogP contribution in [0.2, 0.25) is 0 Å². The molecule has 0 aromatic heterocycles. The van der Waals surface area contributed by atoms with Gasteiger partial charge in [-0.15, -0.1) is 11.6 Å². The molecule has 1 unspecified atom stereocenters. The zero-order valence-corrected chi connectivity index (χ0v) is 10.00. The van der Waals surface area contributed by atoms with Crippen LogP contribution >= 0.6 is 11.6 Å². The van der Waals surface area contributed by atoms with E-state index in [1.165, 1.54) is 6.07 Å². The van der Waals surface area contributed by atoms with Gasteiger partial charge >= 0.3 is 0 Å². The molecule has 1 aromatic rings. The summed E-state index contributed by atoms with van der Waals surface area (Å²) in [6.45, 7) is 2.53. The van der Waals surface area contributed by atoms with Crippen molar-refractivity contribution < 1.29 is 9.90 Å². The van der Waals surface area contributed by atoms with Gasteiger partial charge in [-0.2, -0.15) is 0 Å². The highest BCUT2D eigenvalue weighted by molar-refractivity contribution is 6.20. The maximum Gasteiger partial charge on any atom is 0.255 e. The van der Waals surface area contributed by atoms with Crippen LogP contribution in [-0.4, -0.2) is 22.9 Å². The second-order valence-corrected chi connectivity index (χ2v) is 4.18. The summed E-state index contributed by atoms with van der Waals surface area (Å²) in [4.78, 5) is 11.6. The Morgan fingerprint density at radius 1 is 1.50 bits per heavy atom. The van der Waals surface area contributed by atoms with Gasteiger partial charge in [0.1, 0.15) is 5.75 Å². The first kappa shape index (κ1) is 12.8. The molecule has 2 N–H and O–H groups in total. The Kier molecular flexibility index (Phi) is 5.12. The molecular weight excluding hydrogens is 226 g/mol. The Hall–Kier alpha value is -1.22. The largest absolute Gasteiger partial charge is 0.507 e. The molecule has 0 aliphatic rings. The number of phenolic OH excluding ortho intramolecular Hbond substituents is 1. The van der Waals surface area contributed by atoms with E-state index in [1.54, 1.807) is 18.2 Å². The molecule has 16 heavy (non-hydrogen) atoms. The van der Waals surface area contributed by atoms with Crippen LogP contribution in [0.15, 0.2) is 24.3 Å². The van der Waals surface area contributed by atoms with Crippen molar-refractivity contribution in [2.75, 3.05) is 6.54 Å². The zero-order chi connectivity index (χ0) is 12.0. The fourth-order valence-electron chi connectivity index (χ4n) is 1.31. The lowest BCUT2D eigenvalue weighted by Crippen LogP contribution is -2.26. The van der Waals surface area contributed by atoms with Crippen LogP contribution in [0.1, 0.15) is 30.1 Å². The van der Waals surface area contributed by atoms with Crippen molar-refractivity contribution in [1.82, 2.24) is 5.32 Å². The van der Waals surface area contributed by atoms with E-state index >= 15 is 0 Å². The maximum atomic E-state index is 11.6. The van der Waals surface area contributed by atoms with Crippen molar-refractivity contribution in [2.24, 2.45) is 0 Å². The minimum Gasteiger partial charge on any atom is -0.507 e. The summed E-state index contributed by atoms with van der Waals surface area (Å²) >= 11 is 5.93. The molecule has 0 saturated carbocycles. The van der Waals surface area contributed by atoms with E-state index in [4.69, 9.17) is 11.6 Å². The van der Waals surface area contributed by atoms with Gasteiger partial charge in [0.15, 0.2) is 0 Å². The Balaban J connectivity index is 2.44. The van der Waals surface area contributed by atoms with Gasteiger partial charge in [0, 0.05) is 11.9 Å². The number of para-hydroxylation sites is 1. The van der Waals surface area contributed by atoms with Crippen LogP contribution in [0.5, 0.6) is 5.75 Å². The molecular formula is C12H16ClNO2. The Morgan fingerprint density at radius 3 is 2.81 bits per heavy atom. The van der Waals surface area contributed by atoms with Gasteiger partial charge in [-0.1, -0.05) is 19.1 Å². The number of benzene rings is 1. The predicted molar refractivity (Wildman–Crippen MR) is 65.0 cm³/mol. The Morgan fingerprint density at radius 2 is 2.19 bits per heavy atom. The third-order valence-corrected chi connectivity index (χ3v) is 2.86. The van der Waals surface area contributed by atoms with E-state index in [0.29, 0.717) is 12.1 Å². The lowest BCUT2D eigenvalue weighted by Gasteiger charge is -2.08. The molecule has 0 heterocycles. The predicted octanol–water partition coefficient (Wildman–Crippen LogP) is 2.53. The normalized spacial score (nSPS) is 12.1. The van der Waals surface area contributed by atoms with E-state index in [1.807, 2.05) is 6.92 Å². The number of amides is 1. The highest BCUT2D eigenvalue weighted by Gasteiger charge is 2.09. The van der Waals surface area contributed by atoms with E-state index in [9.17, 15) is 9.90 Å². The number of carbonyl (C=O) groups excluding carboxylic acids is 1. The summed E-state index contributed by atoms with van der Waals surface area (Å²) in [5.74, 6) is -0.268. The third-order valence-electron chi connectivity index (χ3n) is 2.33. The molecule has 3 nitrogen and oxygen atoms in total. The van der Waals surface area contributed by atoms with E-state index in [0.717, 1.165) is 12.8 Å². The molecule has 0 fully saturated rings. The Bertz CT molecular complexity index is 355. The summed E-state index contributed by atoms with van der Waals surface area (Å²) in [7, 11) is 0. The van der Waals surface area contributed by atoms with Crippen molar-refractivity contribution in [1.29, 1.82) is 0 Å². The minimum absolute atomic E-state index is 0.00193. The topological polar surface area (TPSA) is 49.3 Å². The van der Waals surface area contributed by atoms with Gasteiger partial charge in [0.2, 0.25) is 0 Å². The standard InChI is InChI=1S/C12H16ClNO2/c1-2-9(13)7-8-14-12(16)10-5-3-4-6-11(10)15/h3-6,9,15H,2,7-8H2,1H3,(H,14,16). The number of alkyl halides is 1. The summed E-state index contributed by atoms with van der Waals surface area (Å²) in [6.07, 6.45) is 1.62.